The molecule has 1 aromatic heterocycles. The van der Waals surface area contributed by atoms with Crippen molar-refractivity contribution in [3.05, 3.63) is 46.7 Å². The smallest absolute Gasteiger partial charge is 0.146 e. The van der Waals surface area contributed by atoms with E-state index in [4.69, 9.17) is 4.74 Å². The molecular weight excluding hydrogens is 287 g/mol. The first-order valence-corrected chi connectivity index (χ1v) is 6.07. The Morgan fingerprint density at radius 2 is 2.24 bits per heavy atom. The normalized spacial score (nSPS) is 10.5. The van der Waals surface area contributed by atoms with E-state index in [1.165, 1.54) is 12.1 Å². The predicted molar refractivity (Wildman–Crippen MR) is 66.3 cm³/mol. The topological polar surface area (TPSA) is 27.1 Å². The Bertz CT molecular complexity index is 493. The van der Waals surface area contributed by atoms with Crippen LogP contribution in [0.1, 0.15) is 12.7 Å². The van der Waals surface area contributed by atoms with Gasteiger partial charge < -0.3 is 9.30 Å². The summed E-state index contributed by atoms with van der Waals surface area (Å²) in [5.41, 5.74) is 0. The van der Waals surface area contributed by atoms with Crippen LogP contribution in [0.25, 0.3) is 0 Å². The predicted octanol–water partition coefficient (Wildman–Crippen LogP) is 3.38. The SMILES string of the molecule is CCn1ccnc1COc1cc(F)cc(Br)c1. The van der Waals surface area contributed by atoms with Crippen LogP contribution < -0.4 is 4.74 Å². The number of hydrogen-bond donors (Lipinski definition) is 0. The van der Waals surface area contributed by atoms with Gasteiger partial charge in [-0.05, 0) is 19.1 Å². The standard InChI is InChI=1S/C12H12BrFN2O/c1-2-16-4-3-15-12(16)8-17-11-6-9(13)5-10(14)7-11/h3-7H,2,8H2,1H3. The van der Waals surface area contributed by atoms with Crippen molar-refractivity contribution in [2.45, 2.75) is 20.1 Å². The highest BCUT2D eigenvalue weighted by Crippen LogP contribution is 2.21. The number of aryl methyl sites for hydroxylation is 1. The van der Waals surface area contributed by atoms with Crippen LogP contribution in [0.2, 0.25) is 0 Å². The first-order valence-electron chi connectivity index (χ1n) is 5.28. The molecule has 0 saturated heterocycles. The number of benzene rings is 1. The summed E-state index contributed by atoms with van der Waals surface area (Å²) in [5.74, 6) is 0.989. The second-order valence-corrected chi connectivity index (χ2v) is 4.44. The number of aromatic nitrogens is 2. The number of rotatable bonds is 4. The molecule has 0 amide bonds. The maximum absolute atomic E-state index is 13.1. The summed E-state index contributed by atoms with van der Waals surface area (Å²) >= 11 is 3.22. The lowest BCUT2D eigenvalue weighted by Crippen LogP contribution is -2.05. The summed E-state index contributed by atoms with van der Waals surface area (Å²) in [6, 6.07) is 4.46. The maximum Gasteiger partial charge on any atom is 0.146 e. The van der Waals surface area contributed by atoms with Crippen molar-refractivity contribution in [1.82, 2.24) is 9.55 Å². The van der Waals surface area contributed by atoms with Gasteiger partial charge in [-0.25, -0.2) is 9.37 Å². The number of imidazole rings is 1. The zero-order chi connectivity index (χ0) is 12.3. The van der Waals surface area contributed by atoms with Gasteiger partial charge in [0, 0.05) is 29.5 Å². The number of hydrogen-bond acceptors (Lipinski definition) is 2. The third kappa shape index (κ3) is 3.06. The molecule has 0 N–H and O–H groups in total. The second kappa shape index (κ2) is 5.31. The summed E-state index contributed by atoms with van der Waals surface area (Å²) in [7, 11) is 0. The summed E-state index contributed by atoms with van der Waals surface area (Å²) < 4.78 is 21.2. The molecule has 0 bridgehead atoms. The van der Waals surface area contributed by atoms with Gasteiger partial charge in [0.25, 0.3) is 0 Å². The van der Waals surface area contributed by atoms with Crippen LogP contribution in [-0.2, 0) is 13.2 Å². The molecule has 0 aliphatic heterocycles. The molecule has 0 aliphatic rings. The third-order valence-electron chi connectivity index (χ3n) is 2.35. The summed E-state index contributed by atoms with van der Waals surface area (Å²) in [5, 5.41) is 0. The molecule has 0 aliphatic carbocycles. The summed E-state index contributed by atoms with van der Waals surface area (Å²) in [6.07, 6.45) is 3.61. The van der Waals surface area contributed by atoms with Crippen molar-refractivity contribution >= 4 is 15.9 Å². The lowest BCUT2D eigenvalue weighted by atomic mass is 10.3. The van der Waals surface area contributed by atoms with Crippen molar-refractivity contribution in [3.8, 4) is 5.75 Å². The molecule has 0 saturated carbocycles. The Labute approximate surface area is 107 Å². The van der Waals surface area contributed by atoms with Gasteiger partial charge in [0.1, 0.15) is 24.0 Å². The van der Waals surface area contributed by atoms with Gasteiger partial charge in [0.15, 0.2) is 0 Å². The molecular formula is C12H12BrFN2O. The molecule has 0 spiro atoms. The van der Waals surface area contributed by atoms with E-state index in [1.807, 2.05) is 17.7 Å². The van der Waals surface area contributed by atoms with Gasteiger partial charge >= 0.3 is 0 Å². The Morgan fingerprint density at radius 1 is 1.41 bits per heavy atom. The number of ether oxygens (including phenoxy) is 1. The van der Waals surface area contributed by atoms with E-state index in [1.54, 1.807) is 12.3 Å². The van der Waals surface area contributed by atoms with Crippen LogP contribution >= 0.6 is 15.9 Å². The quantitative estimate of drug-likeness (QED) is 0.865. The van der Waals surface area contributed by atoms with E-state index in [0.717, 1.165) is 12.4 Å². The van der Waals surface area contributed by atoms with Crippen LogP contribution in [0.15, 0.2) is 35.1 Å². The number of halogens is 2. The molecule has 0 fully saturated rings. The minimum absolute atomic E-state index is 0.326. The first-order chi connectivity index (χ1) is 8.19. The molecule has 17 heavy (non-hydrogen) atoms. The average molecular weight is 299 g/mol. The lowest BCUT2D eigenvalue weighted by molar-refractivity contribution is 0.288. The molecule has 90 valence electrons. The maximum atomic E-state index is 13.1. The minimum atomic E-state index is -0.326. The van der Waals surface area contributed by atoms with E-state index < -0.39 is 0 Å². The van der Waals surface area contributed by atoms with Crippen molar-refractivity contribution in [2.24, 2.45) is 0 Å². The zero-order valence-electron chi connectivity index (χ0n) is 9.36. The van der Waals surface area contributed by atoms with Gasteiger partial charge in [-0.15, -0.1) is 0 Å². The van der Waals surface area contributed by atoms with Crippen molar-refractivity contribution in [1.29, 1.82) is 0 Å². The summed E-state index contributed by atoms with van der Waals surface area (Å²) in [4.78, 5) is 4.18. The summed E-state index contributed by atoms with van der Waals surface area (Å²) in [6.45, 7) is 3.20. The second-order valence-electron chi connectivity index (χ2n) is 3.52. The van der Waals surface area contributed by atoms with Crippen molar-refractivity contribution < 1.29 is 9.13 Å². The highest BCUT2D eigenvalue weighted by molar-refractivity contribution is 9.10. The zero-order valence-corrected chi connectivity index (χ0v) is 10.9. The van der Waals surface area contributed by atoms with Gasteiger partial charge in [0.05, 0.1) is 0 Å². The minimum Gasteiger partial charge on any atom is -0.486 e. The van der Waals surface area contributed by atoms with E-state index in [2.05, 4.69) is 20.9 Å². The molecule has 5 heteroatoms. The Morgan fingerprint density at radius 3 is 2.94 bits per heavy atom. The fraction of sp³-hybridized carbons (Fsp3) is 0.250. The van der Waals surface area contributed by atoms with E-state index >= 15 is 0 Å². The van der Waals surface area contributed by atoms with E-state index in [9.17, 15) is 4.39 Å². The lowest BCUT2D eigenvalue weighted by Gasteiger charge is -2.08. The molecule has 0 atom stereocenters. The van der Waals surface area contributed by atoms with E-state index in [-0.39, 0.29) is 5.82 Å². The Kier molecular flexibility index (Phi) is 3.78. The van der Waals surface area contributed by atoms with Crippen molar-refractivity contribution in [2.75, 3.05) is 0 Å². The molecule has 3 nitrogen and oxygen atoms in total. The van der Waals surface area contributed by atoms with Gasteiger partial charge in [-0.2, -0.15) is 0 Å². The monoisotopic (exact) mass is 298 g/mol. The van der Waals surface area contributed by atoms with E-state index in [0.29, 0.717) is 16.8 Å². The average Bonchev–Trinajstić information content (AvgIpc) is 2.72. The molecule has 2 rings (SSSR count). The first kappa shape index (κ1) is 12.1. The molecule has 2 aromatic rings. The molecule has 1 heterocycles. The van der Waals surface area contributed by atoms with Crippen LogP contribution in [0, 0.1) is 5.82 Å². The fourth-order valence-corrected chi connectivity index (χ4v) is 1.97. The van der Waals surface area contributed by atoms with Gasteiger partial charge in [-0.1, -0.05) is 15.9 Å². The largest absolute Gasteiger partial charge is 0.486 e. The Hall–Kier alpha value is -1.36. The molecule has 0 radical (unpaired) electrons. The van der Waals surface area contributed by atoms with Gasteiger partial charge in [-0.3, -0.25) is 0 Å². The van der Waals surface area contributed by atoms with Crippen molar-refractivity contribution in [3.63, 3.8) is 0 Å². The van der Waals surface area contributed by atoms with Crippen LogP contribution in [0.4, 0.5) is 4.39 Å². The number of nitrogens with zero attached hydrogens (tertiary/aromatic N) is 2. The van der Waals surface area contributed by atoms with Crippen LogP contribution in [0.5, 0.6) is 5.75 Å². The van der Waals surface area contributed by atoms with Crippen LogP contribution in [0.3, 0.4) is 0 Å². The highest BCUT2D eigenvalue weighted by atomic mass is 79.9. The Balaban J connectivity index is 2.07. The van der Waals surface area contributed by atoms with Gasteiger partial charge in [0.2, 0.25) is 0 Å². The molecule has 1 aromatic carbocycles. The highest BCUT2D eigenvalue weighted by Gasteiger charge is 2.04. The molecule has 0 unspecified atom stereocenters. The fourth-order valence-electron chi connectivity index (χ4n) is 1.53. The van der Waals surface area contributed by atoms with Crippen LogP contribution in [-0.4, -0.2) is 9.55 Å². The third-order valence-corrected chi connectivity index (χ3v) is 2.80.